The Hall–Kier alpha value is -2.04. The van der Waals surface area contributed by atoms with Crippen LogP contribution < -0.4 is 0 Å². The van der Waals surface area contributed by atoms with Gasteiger partial charge in [-0.1, -0.05) is 6.07 Å². The Morgan fingerprint density at radius 1 is 1.35 bits per heavy atom. The molecule has 5 heteroatoms. The molecule has 0 N–H and O–H groups in total. The zero-order valence-electron chi connectivity index (χ0n) is 10.1. The summed E-state index contributed by atoms with van der Waals surface area (Å²) in [5, 5.41) is 3.93. The summed E-state index contributed by atoms with van der Waals surface area (Å²) in [6, 6.07) is 1.96. The smallest absolute Gasteiger partial charge is 0.188 e. The predicted octanol–water partition coefficient (Wildman–Crippen LogP) is 1.25. The largest absolute Gasteiger partial charge is 0.292 e. The van der Waals surface area contributed by atoms with Crippen LogP contribution in [0.15, 0.2) is 18.6 Å². The Balaban J connectivity index is 2.23. The van der Waals surface area contributed by atoms with E-state index in [2.05, 4.69) is 15.1 Å². The van der Waals surface area contributed by atoms with Crippen LogP contribution in [0.25, 0.3) is 0 Å². The summed E-state index contributed by atoms with van der Waals surface area (Å²) in [6.07, 6.45) is 3.38. The first kappa shape index (κ1) is 11.4. The minimum Gasteiger partial charge on any atom is -0.292 e. The lowest BCUT2D eigenvalue weighted by atomic mass is 10.1. The maximum Gasteiger partial charge on any atom is 0.188 e. The molecule has 0 aliphatic rings. The van der Waals surface area contributed by atoms with Gasteiger partial charge in [0.1, 0.15) is 17.8 Å². The Morgan fingerprint density at radius 2 is 2.12 bits per heavy atom. The number of aryl methyl sites for hydroxylation is 3. The maximum atomic E-state index is 12.1. The van der Waals surface area contributed by atoms with Crippen LogP contribution in [0.1, 0.15) is 27.4 Å². The minimum atomic E-state index is -0.0291. The van der Waals surface area contributed by atoms with Crippen molar-refractivity contribution < 1.29 is 4.79 Å². The lowest BCUT2D eigenvalue weighted by molar-refractivity contribution is 0.0984. The molecular formula is C12H14N4O. The number of hydrogen-bond donors (Lipinski definition) is 0. The summed E-state index contributed by atoms with van der Waals surface area (Å²) < 4.78 is 1.60. The Bertz CT molecular complexity index is 559. The van der Waals surface area contributed by atoms with Gasteiger partial charge in [-0.2, -0.15) is 5.10 Å². The number of rotatable bonds is 3. The monoisotopic (exact) mass is 230 g/mol. The second-order valence-corrected chi connectivity index (χ2v) is 4.08. The fraction of sp³-hybridized carbons (Fsp3) is 0.333. The molecule has 0 fully saturated rings. The zero-order chi connectivity index (χ0) is 12.4. The van der Waals surface area contributed by atoms with Crippen molar-refractivity contribution in [1.82, 2.24) is 19.7 Å². The highest BCUT2D eigenvalue weighted by Crippen LogP contribution is 2.09. The molecule has 2 aromatic rings. The number of nitrogens with zero attached hydrogens (tertiary/aromatic N) is 4. The van der Waals surface area contributed by atoms with Crippen LogP contribution in [0.4, 0.5) is 0 Å². The summed E-state index contributed by atoms with van der Waals surface area (Å²) >= 11 is 0. The van der Waals surface area contributed by atoms with Crippen molar-refractivity contribution in [2.24, 2.45) is 7.05 Å². The van der Waals surface area contributed by atoms with Gasteiger partial charge >= 0.3 is 0 Å². The number of hydrogen-bond acceptors (Lipinski definition) is 4. The third-order valence-electron chi connectivity index (χ3n) is 2.60. The SMILES string of the molecule is Cc1cnc(C(=O)Cc2ncnn2C)c(C)c1. The van der Waals surface area contributed by atoms with Crippen molar-refractivity contribution in [3.05, 3.63) is 41.2 Å². The van der Waals surface area contributed by atoms with Crippen LogP contribution in [0.2, 0.25) is 0 Å². The van der Waals surface area contributed by atoms with E-state index < -0.39 is 0 Å². The van der Waals surface area contributed by atoms with Crippen molar-refractivity contribution in [2.75, 3.05) is 0 Å². The molecule has 0 saturated heterocycles. The van der Waals surface area contributed by atoms with E-state index in [0.29, 0.717) is 11.5 Å². The summed E-state index contributed by atoms with van der Waals surface area (Å²) in [7, 11) is 1.77. The maximum absolute atomic E-state index is 12.1. The molecule has 0 aliphatic carbocycles. The minimum absolute atomic E-state index is 0.0291. The van der Waals surface area contributed by atoms with Gasteiger partial charge in [0.05, 0.1) is 6.42 Å². The zero-order valence-corrected chi connectivity index (χ0v) is 10.1. The van der Waals surface area contributed by atoms with Gasteiger partial charge in [0.25, 0.3) is 0 Å². The summed E-state index contributed by atoms with van der Waals surface area (Å²) in [4.78, 5) is 20.3. The van der Waals surface area contributed by atoms with Crippen LogP contribution >= 0.6 is 0 Å². The van der Waals surface area contributed by atoms with Gasteiger partial charge in [0, 0.05) is 13.2 Å². The summed E-state index contributed by atoms with van der Waals surface area (Å²) in [5.74, 6) is 0.621. The van der Waals surface area contributed by atoms with Gasteiger partial charge in [0.2, 0.25) is 0 Å². The molecule has 0 unspecified atom stereocenters. The van der Waals surface area contributed by atoms with E-state index in [1.807, 2.05) is 19.9 Å². The molecule has 0 spiro atoms. The third-order valence-corrected chi connectivity index (χ3v) is 2.60. The van der Waals surface area contributed by atoms with E-state index in [0.717, 1.165) is 11.1 Å². The van der Waals surface area contributed by atoms with Crippen LogP contribution in [-0.2, 0) is 13.5 Å². The number of ketones is 1. The average molecular weight is 230 g/mol. The van der Waals surface area contributed by atoms with Crippen molar-refractivity contribution in [2.45, 2.75) is 20.3 Å². The van der Waals surface area contributed by atoms with Crippen LogP contribution in [-0.4, -0.2) is 25.5 Å². The molecule has 88 valence electrons. The molecule has 0 radical (unpaired) electrons. The van der Waals surface area contributed by atoms with Gasteiger partial charge < -0.3 is 0 Å². The van der Waals surface area contributed by atoms with Gasteiger partial charge in [-0.25, -0.2) is 4.98 Å². The summed E-state index contributed by atoms with van der Waals surface area (Å²) in [5.41, 5.74) is 2.47. The first-order valence-corrected chi connectivity index (χ1v) is 5.37. The van der Waals surface area contributed by atoms with Crippen LogP contribution in [0, 0.1) is 13.8 Å². The number of Topliss-reactive ketones (excluding diaryl/α,β-unsaturated/α-hetero) is 1. The topological polar surface area (TPSA) is 60.7 Å². The highest BCUT2D eigenvalue weighted by atomic mass is 16.1. The van der Waals surface area contributed by atoms with Crippen LogP contribution in [0.3, 0.4) is 0 Å². The van der Waals surface area contributed by atoms with E-state index >= 15 is 0 Å². The predicted molar refractivity (Wildman–Crippen MR) is 62.7 cm³/mol. The molecular weight excluding hydrogens is 216 g/mol. The van der Waals surface area contributed by atoms with Crippen molar-refractivity contribution in [3.63, 3.8) is 0 Å². The Labute approximate surface area is 99.5 Å². The average Bonchev–Trinajstić information content (AvgIpc) is 2.64. The van der Waals surface area contributed by atoms with Gasteiger partial charge in [0.15, 0.2) is 5.78 Å². The standard InChI is InChI=1S/C12H14N4O/c1-8-4-9(2)12(13-6-8)10(17)5-11-14-7-15-16(11)3/h4,6-7H,5H2,1-3H3. The number of carbonyl (C=O) groups excluding carboxylic acids is 1. The fourth-order valence-electron chi connectivity index (χ4n) is 1.71. The fourth-order valence-corrected chi connectivity index (χ4v) is 1.71. The molecule has 0 atom stereocenters. The molecule has 17 heavy (non-hydrogen) atoms. The molecule has 2 rings (SSSR count). The van der Waals surface area contributed by atoms with Gasteiger partial charge in [-0.3, -0.25) is 14.5 Å². The van der Waals surface area contributed by atoms with Gasteiger partial charge in [-0.15, -0.1) is 0 Å². The van der Waals surface area contributed by atoms with E-state index in [4.69, 9.17) is 0 Å². The molecule has 2 heterocycles. The molecule has 0 bridgehead atoms. The molecule has 0 aliphatic heterocycles. The first-order valence-electron chi connectivity index (χ1n) is 5.37. The highest BCUT2D eigenvalue weighted by molar-refractivity contribution is 5.96. The molecule has 0 amide bonds. The summed E-state index contributed by atoms with van der Waals surface area (Å²) in [6.45, 7) is 3.85. The first-order chi connectivity index (χ1) is 8.08. The highest BCUT2D eigenvalue weighted by Gasteiger charge is 2.14. The molecule has 2 aromatic heterocycles. The second kappa shape index (κ2) is 4.45. The van der Waals surface area contributed by atoms with E-state index in [1.54, 1.807) is 17.9 Å². The van der Waals surface area contributed by atoms with Crippen molar-refractivity contribution >= 4 is 5.78 Å². The number of carbonyl (C=O) groups is 1. The van der Waals surface area contributed by atoms with Gasteiger partial charge in [-0.05, 0) is 25.0 Å². The van der Waals surface area contributed by atoms with Crippen LogP contribution in [0.5, 0.6) is 0 Å². The van der Waals surface area contributed by atoms with Crippen molar-refractivity contribution in [3.8, 4) is 0 Å². The molecule has 0 aromatic carbocycles. The Kier molecular flexibility index (Phi) is 2.99. The van der Waals surface area contributed by atoms with E-state index in [-0.39, 0.29) is 12.2 Å². The quantitative estimate of drug-likeness (QED) is 0.744. The lowest BCUT2D eigenvalue weighted by Crippen LogP contribution is -2.12. The second-order valence-electron chi connectivity index (χ2n) is 4.08. The van der Waals surface area contributed by atoms with E-state index in [9.17, 15) is 4.79 Å². The molecule has 5 nitrogen and oxygen atoms in total. The Morgan fingerprint density at radius 3 is 2.71 bits per heavy atom. The number of aromatic nitrogens is 4. The number of pyridine rings is 1. The third kappa shape index (κ3) is 2.38. The normalized spacial score (nSPS) is 10.5. The molecule has 0 saturated carbocycles. The lowest BCUT2D eigenvalue weighted by Gasteiger charge is -2.04. The van der Waals surface area contributed by atoms with Crippen molar-refractivity contribution in [1.29, 1.82) is 0 Å². The van der Waals surface area contributed by atoms with E-state index in [1.165, 1.54) is 6.33 Å².